The second kappa shape index (κ2) is 9.54. The van der Waals surface area contributed by atoms with Gasteiger partial charge in [0.2, 0.25) is 0 Å². The van der Waals surface area contributed by atoms with E-state index in [0.717, 1.165) is 37.1 Å². The zero-order chi connectivity index (χ0) is 25.6. The number of benzene rings is 1. The summed E-state index contributed by atoms with van der Waals surface area (Å²) in [5, 5.41) is 37.2. The van der Waals surface area contributed by atoms with E-state index in [1.54, 1.807) is 4.68 Å². The van der Waals surface area contributed by atoms with Gasteiger partial charge in [-0.25, -0.2) is 22.5 Å². The maximum atomic E-state index is 14.3. The van der Waals surface area contributed by atoms with Gasteiger partial charge in [0.25, 0.3) is 0 Å². The fourth-order valence-electron chi connectivity index (χ4n) is 4.99. The molecule has 36 heavy (non-hydrogen) atoms. The fraction of sp³-hybridized carbons (Fsp3) is 0.565. The van der Waals surface area contributed by atoms with Gasteiger partial charge < -0.3 is 19.7 Å². The van der Waals surface area contributed by atoms with Crippen LogP contribution in [0.4, 0.5) is 13.2 Å². The van der Waals surface area contributed by atoms with Gasteiger partial charge in [0, 0.05) is 24.3 Å². The highest BCUT2D eigenvalue weighted by Crippen LogP contribution is 2.42. The van der Waals surface area contributed by atoms with Gasteiger partial charge in [-0.05, 0) is 25.0 Å². The molecule has 1 aromatic carbocycles. The van der Waals surface area contributed by atoms with Crippen LogP contribution in [0.2, 0.25) is 0 Å². The SMILES string of the molecule is CO[C@@H]1[C@@H](n2cc(-c3ccc(F)c(F)c3F)nn2)[C@@H](O)[C@@H](CO)O[C@@H]1Cn1cc(C2(C)CCC2)nn1. The highest BCUT2D eigenvalue weighted by Gasteiger charge is 2.47. The zero-order valence-electron chi connectivity index (χ0n) is 19.8. The molecule has 1 aliphatic heterocycles. The minimum Gasteiger partial charge on any atom is -0.394 e. The van der Waals surface area contributed by atoms with Gasteiger partial charge in [-0.1, -0.05) is 23.8 Å². The third-order valence-electron chi connectivity index (χ3n) is 7.34. The lowest BCUT2D eigenvalue weighted by atomic mass is 9.68. The summed E-state index contributed by atoms with van der Waals surface area (Å²) in [4.78, 5) is 0. The first-order valence-corrected chi connectivity index (χ1v) is 11.7. The Labute approximate surface area is 204 Å². The van der Waals surface area contributed by atoms with E-state index < -0.39 is 54.5 Å². The first kappa shape index (κ1) is 24.8. The summed E-state index contributed by atoms with van der Waals surface area (Å²) in [6.07, 6.45) is 2.70. The highest BCUT2D eigenvalue weighted by atomic mass is 19.2. The van der Waals surface area contributed by atoms with Crippen LogP contribution in [0.5, 0.6) is 0 Å². The highest BCUT2D eigenvalue weighted by molar-refractivity contribution is 5.58. The van der Waals surface area contributed by atoms with Gasteiger partial charge in [0.15, 0.2) is 17.5 Å². The number of aliphatic hydroxyl groups excluding tert-OH is 2. The molecule has 2 fully saturated rings. The summed E-state index contributed by atoms with van der Waals surface area (Å²) >= 11 is 0. The van der Waals surface area contributed by atoms with E-state index in [1.807, 2.05) is 6.20 Å². The molecule has 5 rings (SSSR count). The molecule has 5 atom stereocenters. The predicted octanol–water partition coefficient (Wildman–Crippen LogP) is 1.77. The molecule has 3 heterocycles. The standard InChI is InChI=1S/C23H27F3N6O4/c1-23(6-3-7-23)17-10-31(29-28-17)9-15-22(35-2)20(21(34)16(11-33)36-15)32-8-14(27-30-32)12-4-5-13(24)19(26)18(12)25/h4-5,8,10,15-16,20-22,33-34H,3,6-7,9,11H2,1-2H3/t15-,16-,20+,21+,22+/m1/s1. The van der Waals surface area contributed by atoms with Crippen molar-refractivity contribution in [3.05, 3.63) is 47.7 Å². The molecule has 13 heteroatoms. The topological polar surface area (TPSA) is 120 Å². The van der Waals surface area contributed by atoms with Gasteiger partial charge in [0.05, 0.1) is 25.0 Å². The lowest BCUT2D eigenvalue weighted by molar-refractivity contribution is -0.216. The van der Waals surface area contributed by atoms with E-state index in [2.05, 4.69) is 27.5 Å². The molecule has 3 aromatic rings. The summed E-state index contributed by atoms with van der Waals surface area (Å²) < 4.78 is 56.0. The molecule has 0 radical (unpaired) electrons. The molecular formula is C23H27F3N6O4. The van der Waals surface area contributed by atoms with E-state index in [-0.39, 0.29) is 23.2 Å². The lowest BCUT2D eigenvalue weighted by Crippen LogP contribution is -2.57. The second-order valence-corrected chi connectivity index (χ2v) is 9.62. The zero-order valence-corrected chi connectivity index (χ0v) is 19.8. The molecule has 0 amide bonds. The Balaban J connectivity index is 1.43. The average Bonchev–Trinajstić information content (AvgIpc) is 3.52. The minimum atomic E-state index is -1.62. The Kier molecular flexibility index (Phi) is 6.57. The third kappa shape index (κ3) is 4.19. The number of hydrogen-bond donors (Lipinski definition) is 2. The molecule has 1 saturated heterocycles. The van der Waals surface area contributed by atoms with Crippen molar-refractivity contribution in [2.45, 2.75) is 68.6 Å². The van der Waals surface area contributed by atoms with Gasteiger partial charge >= 0.3 is 0 Å². The summed E-state index contributed by atoms with van der Waals surface area (Å²) in [6, 6.07) is 0.954. The molecule has 0 unspecified atom stereocenters. The van der Waals surface area contributed by atoms with Crippen LogP contribution in [0, 0.1) is 17.5 Å². The van der Waals surface area contributed by atoms with E-state index >= 15 is 0 Å². The molecular weight excluding hydrogens is 481 g/mol. The fourth-order valence-corrected chi connectivity index (χ4v) is 4.99. The average molecular weight is 509 g/mol. The van der Waals surface area contributed by atoms with Crippen molar-refractivity contribution >= 4 is 0 Å². The molecule has 2 aromatic heterocycles. The van der Waals surface area contributed by atoms with Gasteiger partial charge in [-0.15, -0.1) is 10.2 Å². The van der Waals surface area contributed by atoms with Crippen molar-refractivity contribution in [3.8, 4) is 11.3 Å². The molecule has 2 N–H and O–H groups in total. The predicted molar refractivity (Wildman–Crippen MR) is 118 cm³/mol. The molecule has 10 nitrogen and oxygen atoms in total. The summed E-state index contributed by atoms with van der Waals surface area (Å²) in [5.41, 5.74) is 0.547. The van der Waals surface area contributed by atoms with Crippen molar-refractivity contribution in [3.63, 3.8) is 0 Å². The van der Waals surface area contributed by atoms with Crippen LogP contribution in [-0.2, 0) is 21.4 Å². The number of ether oxygens (including phenoxy) is 2. The lowest BCUT2D eigenvalue weighted by Gasteiger charge is -2.43. The van der Waals surface area contributed by atoms with E-state index in [1.165, 1.54) is 18.0 Å². The van der Waals surface area contributed by atoms with Crippen molar-refractivity contribution in [2.75, 3.05) is 13.7 Å². The smallest absolute Gasteiger partial charge is 0.195 e. The summed E-state index contributed by atoms with van der Waals surface area (Å²) in [7, 11) is 1.44. The van der Waals surface area contributed by atoms with Crippen LogP contribution < -0.4 is 0 Å². The van der Waals surface area contributed by atoms with Crippen LogP contribution in [0.1, 0.15) is 37.9 Å². The molecule has 0 spiro atoms. The maximum absolute atomic E-state index is 14.3. The number of halogens is 3. The Bertz CT molecular complexity index is 1230. The van der Waals surface area contributed by atoms with Crippen molar-refractivity contribution in [1.29, 1.82) is 0 Å². The van der Waals surface area contributed by atoms with Crippen LogP contribution in [-0.4, -0.2) is 78.3 Å². The number of rotatable bonds is 7. The first-order valence-electron chi connectivity index (χ1n) is 11.7. The molecule has 2 aliphatic rings. The van der Waals surface area contributed by atoms with Crippen LogP contribution >= 0.6 is 0 Å². The number of aliphatic hydroxyl groups is 2. The van der Waals surface area contributed by atoms with Crippen LogP contribution in [0.15, 0.2) is 24.5 Å². The van der Waals surface area contributed by atoms with Crippen LogP contribution in [0.25, 0.3) is 11.3 Å². The van der Waals surface area contributed by atoms with Gasteiger partial charge in [0.1, 0.15) is 36.2 Å². The van der Waals surface area contributed by atoms with E-state index in [4.69, 9.17) is 9.47 Å². The Morgan fingerprint density at radius 2 is 1.89 bits per heavy atom. The molecule has 1 saturated carbocycles. The van der Waals surface area contributed by atoms with E-state index in [9.17, 15) is 23.4 Å². The van der Waals surface area contributed by atoms with E-state index in [0.29, 0.717) is 0 Å². The van der Waals surface area contributed by atoms with Crippen molar-refractivity contribution in [2.24, 2.45) is 0 Å². The van der Waals surface area contributed by atoms with Crippen molar-refractivity contribution in [1.82, 2.24) is 30.0 Å². The number of aromatic nitrogens is 6. The Morgan fingerprint density at radius 1 is 1.11 bits per heavy atom. The van der Waals surface area contributed by atoms with Crippen molar-refractivity contribution < 1.29 is 32.9 Å². The number of nitrogens with zero attached hydrogens (tertiary/aromatic N) is 6. The summed E-state index contributed by atoms with van der Waals surface area (Å²) in [5.74, 6) is -4.34. The minimum absolute atomic E-state index is 0.00489. The van der Waals surface area contributed by atoms with Gasteiger partial charge in [-0.3, -0.25) is 0 Å². The Hall–Kier alpha value is -2.87. The quantitative estimate of drug-likeness (QED) is 0.464. The second-order valence-electron chi connectivity index (χ2n) is 9.62. The maximum Gasteiger partial charge on any atom is 0.195 e. The normalized spacial score (nSPS) is 27.7. The first-order chi connectivity index (χ1) is 17.3. The third-order valence-corrected chi connectivity index (χ3v) is 7.34. The Morgan fingerprint density at radius 3 is 2.56 bits per heavy atom. The largest absolute Gasteiger partial charge is 0.394 e. The summed E-state index contributed by atoms with van der Waals surface area (Å²) in [6.45, 7) is 1.89. The number of hydrogen-bond acceptors (Lipinski definition) is 8. The molecule has 1 aliphatic carbocycles. The monoisotopic (exact) mass is 508 g/mol. The molecule has 194 valence electrons. The number of methoxy groups -OCH3 is 1. The van der Waals surface area contributed by atoms with Crippen LogP contribution in [0.3, 0.4) is 0 Å². The van der Waals surface area contributed by atoms with Gasteiger partial charge in [-0.2, -0.15) is 0 Å². The molecule has 0 bridgehead atoms.